The van der Waals surface area contributed by atoms with E-state index in [0.717, 1.165) is 31.9 Å². The van der Waals surface area contributed by atoms with Crippen molar-refractivity contribution in [1.29, 1.82) is 0 Å². The molecule has 0 amide bonds. The van der Waals surface area contributed by atoms with E-state index in [4.69, 9.17) is 5.73 Å². The van der Waals surface area contributed by atoms with Gasteiger partial charge in [-0.05, 0) is 44.4 Å². The SMILES string of the molecule is CC(=O)c1ccc(N2CCC(CCN)C2)nc1.Cl.Cl. The first-order valence-electron chi connectivity index (χ1n) is 6.12. The van der Waals surface area contributed by atoms with Gasteiger partial charge in [0.05, 0.1) is 0 Å². The van der Waals surface area contributed by atoms with Crippen LogP contribution in [0.25, 0.3) is 0 Å². The zero-order valence-corrected chi connectivity index (χ0v) is 12.7. The molecule has 1 aliphatic heterocycles. The molecule has 6 heteroatoms. The highest BCUT2D eigenvalue weighted by atomic mass is 35.5. The Morgan fingerprint density at radius 3 is 2.74 bits per heavy atom. The quantitative estimate of drug-likeness (QED) is 0.867. The van der Waals surface area contributed by atoms with Crippen molar-refractivity contribution < 1.29 is 4.79 Å². The number of anilines is 1. The summed E-state index contributed by atoms with van der Waals surface area (Å²) in [6.45, 7) is 4.39. The molecule has 0 spiro atoms. The van der Waals surface area contributed by atoms with Crippen molar-refractivity contribution in [3.8, 4) is 0 Å². The van der Waals surface area contributed by atoms with Crippen LogP contribution in [0, 0.1) is 5.92 Å². The molecule has 0 aromatic carbocycles. The Hall–Kier alpha value is -0.840. The maximum atomic E-state index is 11.1. The number of nitrogens with two attached hydrogens (primary N) is 1. The van der Waals surface area contributed by atoms with Crippen molar-refractivity contribution in [2.24, 2.45) is 11.7 Å². The number of Topliss-reactive ketones (excluding diaryl/α,β-unsaturated/α-hetero) is 1. The van der Waals surface area contributed by atoms with E-state index in [1.807, 2.05) is 12.1 Å². The molecule has 0 radical (unpaired) electrons. The van der Waals surface area contributed by atoms with Gasteiger partial charge >= 0.3 is 0 Å². The van der Waals surface area contributed by atoms with Crippen LogP contribution < -0.4 is 10.6 Å². The van der Waals surface area contributed by atoms with E-state index in [9.17, 15) is 4.79 Å². The zero-order chi connectivity index (χ0) is 12.3. The highest BCUT2D eigenvalue weighted by Crippen LogP contribution is 2.23. The summed E-state index contributed by atoms with van der Waals surface area (Å²) in [5.74, 6) is 1.72. The molecule has 108 valence electrons. The minimum Gasteiger partial charge on any atom is -0.356 e. The predicted molar refractivity (Wildman–Crippen MR) is 82.7 cm³/mol. The maximum Gasteiger partial charge on any atom is 0.161 e. The Morgan fingerprint density at radius 2 is 2.21 bits per heavy atom. The van der Waals surface area contributed by atoms with Gasteiger partial charge in [0.1, 0.15) is 5.82 Å². The van der Waals surface area contributed by atoms with Gasteiger partial charge in [0, 0.05) is 24.8 Å². The van der Waals surface area contributed by atoms with Gasteiger partial charge in [0.15, 0.2) is 5.78 Å². The van der Waals surface area contributed by atoms with Gasteiger partial charge in [0.25, 0.3) is 0 Å². The summed E-state index contributed by atoms with van der Waals surface area (Å²) in [6.07, 6.45) is 3.93. The van der Waals surface area contributed by atoms with Crippen molar-refractivity contribution >= 4 is 36.4 Å². The van der Waals surface area contributed by atoms with Gasteiger partial charge in [-0.3, -0.25) is 4.79 Å². The molecular formula is C13H21Cl2N3O. The lowest BCUT2D eigenvalue weighted by Gasteiger charge is -2.17. The Balaban J connectivity index is 0.00000162. The largest absolute Gasteiger partial charge is 0.356 e. The van der Waals surface area contributed by atoms with Crippen LogP contribution in [0.4, 0.5) is 5.82 Å². The molecule has 1 unspecified atom stereocenters. The minimum absolute atomic E-state index is 0. The smallest absolute Gasteiger partial charge is 0.161 e. The Bertz CT molecular complexity index is 397. The molecule has 1 aromatic rings. The average molecular weight is 306 g/mol. The van der Waals surface area contributed by atoms with Gasteiger partial charge in [-0.15, -0.1) is 24.8 Å². The van der Waals surface area contributed by atoms with E-state index in [0.29, 0.717) is 11.5 Å². The number of carbonyl (C=O) groups excluding carboxylic acids is 1. The lowest BCUT2D eigenvalue weighted by atomic mass is 10.1. The molecule has 19 heavy (non-hydrogen) atoms. The second-order valence-corrected chi connectivity index (χ2v) is 4.64. The average Bonchev–Trinajstić information content (AvgIpc) is 2.78. The standard InChI is InChI=1S/C13H19N3O.2ClH/c1-10(17)12-2-3-13(15-8-12)16-7-5-11(9-16)4-6-14;;/h2-3,8,11H,4-7,9,14H2,1H3;2*1H. The molecule has 0 bridgehead atoms. The summed E-state index contributed by atoms with van der Waals surface area (Å²) >= 11 is 0. The van der Waals surface area contributed by atoms with Gasteiger partial charge in [-0.2, -0.15) is 0 Å². The Kier molecular flexibility index (Phi) is 7.99. The fraction of sp³-hybridized carbons (Fsp3) is 0.538. The van der Waals surface area contributed by atoms with Crippen molar-refractivity contribution in [3.05, 3.63) is 23.9 Å². The maximum absolute atomic E-state index is 11.1. The highest BCUT2D eigenvalue weighted by Gasteiger charge is 2.22. The molecule has 2 rings (SSSR count). The van der Waals surface area contributed by atoms with Crippen molar-refractivity contribution in [2.75, 3.05) is 24.5 Å². The third kappa shape index (κ3) is 4.64. The van der Waals surface area contributed by atoms with Gasteiger partial charge < -0.3 is 10.6 Å². The van der Waals surface area contributed by atoms with Crippen LogP contribution in [0.3, 0.4) is 0 Å². The van der Waals surface area contributed by atoms with Crippen LogP contribution in [0.15, 0.2) is 18.3 Å². The molecule has 0 saturated carbocycles. The van der Waals surface area contributed by atoms with Crippen LogP contribution in [-0.4, -0.2) is 30.4 Å². The van der Waals surface area contributed by atoms with E-state index in [1.165, 1.54) is 6.42 Å². The zero-order valence-electron chi connectivity index (χ0n) is 11.0. The lowest BCUT2D eigenvalue weighted by molar-refractivity contribution is 0.101. The molecule has 4 nitrogen and oxygen atoms in total. The molecule has 1 saturated heterocycles. The number of hydrogen-bond donors (Lipinski definition) is 1. The van der Waals surface area contributed by atoms with Crippen LogP contribution in [-0.2, 0) is 0 Å². The highest BCUT2D eigenvalue weighted by molar-refractivity contribution is 5.93. The van der Waals surface area contributed by atoms with Crippen LogP contribution >= 0.6 is 24.8 Å². The summed E-state index contributed by atoms with van der Waals surface area (Å²) in [7, 11) is 0. The fourth-order valence-corrected chi connectivity index (χ4v) is 2.29. The van der Waals surface area contributed by atoms with Gasteiger partial charge in [-0.1, -0.05) is 0 Å². The Labute approximate surface area is 126 Å². The minimum atomic E-state index is 0. The molecular weight excluding hydrogens is 285 g/mol. The first-order chi connectivity index (χ1) is 8.20. The predicted octanol–water partition coefficient (Wildman–Crippen LogP) is 2.30. The van der Waals surface area contributed by atoms with Gasteiger partial charge in [-0.25, -0.2) is 4.98 Å². The number of aromatic nitrogens is 1. The van der Waals surface area contributed by atoms with E-state index < -0.39 is 0 Å². The number of carbonyl (C=O) groups is 1. The number of pyridine rings is 1. The van der Waals surface area contributed by atoms with Crippen LogP contribution in [0.1, 0.15) is 30.1 Å². The summed E-state index contributed by atoms with van der Waals surface area (Å²) in [6, 6.07) is 3.78. The number of hydrogen-bond acceptors (Lipinski definition) is 4. The molecule has 2 N–H and O–H groups in total. The normalized spacial score (nSPS) is 17.6. The van der Waals surface area contributed by atoms with Crippen molar-refractivity contribution in [3.63, 3.8) is 0 Å². The topological polar surface area (TPSA) is 59.2 Å². The molecule has 1 fully saturated rings. The lowest BCUT2D eigenvalue weighted by Crippen LogP contribution is -2.21. The molecule has 1 atom stereocenters. The number of ketones is 1. The number of rotatable bonds is 4. The van der Waals surface area contributed by atoms with Crippen molar-refractivity contribution in [2.45, 2.75) is 19.8 Å². The van der Waals surface area contributed by atoms with Crippen LogP contribution in [0.2, 0.25) is 0 Å². The number of halogens is 2. The second-order valence-electron chi connectivity index (χ2n) is 4.64. The van der Waals surface area contributed by atoms with E-state index >= 15 is 0 Å². The first-order valence-corrected chi connectivity index (χ1v) is 6.12. The third-order valence-corrected chi connectivity index (χ3v) is 3.34. The van der Waals surface area contributed by atoms with Crippen LogP contribution in [0.5, 0.6) is 0 Å². The Morgan fingerprint density at radius 1 is 1.47 bits per heavy atom. The fourth-order valence-electron chi connectivity index (χ4n) is 2.29. The first kappa shape index (κ1) is 18.2. The number of nitrogens with zero attached hydrogens (tertiary/aromatic N) is 2. The molecule has 0 aliphatic carbocycles. The summed E-state index contributed by atoms with van der Waals surface area (Å²) in [5, 5.41) is 0. The second kappa shape index (κ2) is 8.35. The summed E-state index contributed by atoms with van der Waals surface area (Å²) in [4.78, 5) is 17.8. The monoisotopic (exact) mass is 305 g/mol. The van der Waals surface area contributed by atoms with Gasteiger partial charge in [0.2, 0.25) is 0 Å². The van der Waals surface area contributed by atoms with E-state index in [1.54, 1.807) is 13.1 Å². The molecule has 1 aromatic heterocycles. The third-order valence-electron chi connectivity index (χ3n) is 3.34. The summed E-state index contributed by atoms with van der Waals surface area (Å²) < 4.78 is 0. The van der Waals surface area contributed by atoms with E-state index in [2.05, 4.69) is 9.88 Å². The van der Waals surface area contributed by atoms with E-state index in [-0.39, 0.29) is 30.6 Å². The molecule has 1 aliphatic rings. The molecule has 2 heterocycles. The van der Waals surface area contributed by atoms with Crippen molar-refractivity contribution in [1.82, 2.24) is 4.98 Å². The summed E-state index contributed by atoms with van der Waals surface area (Å²) in [5.41, 5.74) is 6.25.